The second-order valence-corrected chi connectivity index (χ2v) is 6.85. The fourth-order valence-electron chi connectivity index (χ4n) is 2.63. The van der Waals surface area contributed by atoms with Crippen molar-refractivity contribution >= 4 is 16.9 Å². The summed E-state index contributed by atoms with van der Waals surface area (Å²) in [6.45, 7) is 7.99. The molecular formula is C18H25NO2S. The highest BCUT2D eigenvalue weighted by Gasteiger charge is 2.20. The lowest BCUT2D eigenvalue weighted by Gasteiger charge is -2.29. The average molecular weight is 319 g/mol. The Kier molecular flexibility index (Phi) is 7.71. The molecule has 4 heteroatoms. The summed E-state index contributed by atoms with van der Waals surface area (Å²) in [6, 6.07) is 9.49. The van der Waals surface area contributed by atoms with Gasteiger partial charge < -0.3 is 9.64 Å². The Morgan fingerprint density at radius 1 is 1.27 bits per heavy atom. The highest BCUT2D eigenvalue weighted by atomic mass is 32.2. The van der Waals surface area contributed by atoms with Crippen molar-refractivity contribution in [3.8, 4) is 0 Å². The van der Waals surface area contributed by atoms with Crippen LogP contribution in [0.4, 0.5) is 0 Å². The Bertz CT molecular complexity index is 457. The topological polar surface area (TPSA) is 29.5 Å². The van der Waals surface area contributed by atoms with Crippen LogP contribution in [0.1, 0.15) is 29.6 Å². The quantitative estimate of drug-likeness (QED) is 0.541. The van der Waals surface area contributed by atoms with Gasteiger partial charge in [-0.05, 0) is 25.9 Å². The van der Waals surface area contributed by atoms with Gasteiger partial charge in [0.2, 0.25) is 5.12 Å². The summed E-state index contributed by atoms with van der Waals surface area (Å²) < 4.78 is 5.61. The SMILES string of the molecule is C=CCOCC(CN1CCCCC1)SC(=O)c1ccccc1. The molecule has 120 valence electrons. The molecule has 0 bridgehead atoms. The largest absolute Gasteiger partial charge is 0.376 e. The van der Waals surface area contributed by atoms with E-state index in [0.717, 1.165) is 25.2 Å². The van der Waals surface area contributed by atoms with Crippen LogP contribution in [-0.4, -0.2) is 48.1 Å². The number of hydrogen-bond donors (Lipinski definition) is 0. The fraction of sp³-hybridized carbons (Fsp3) is 0.500. The lowest BCUT2D eigenvalue weighted by Crippen LogP contribution is -2.37. The van der Waals surface area contributed by atoms with Gasteiger partial charge in [-0.1, -0.05) is 54.6 Å². The van der Waals surface area contributed by atoms with Crippen molar-refractivity contribution in [2.45, 2.75) is 24.5 Å². The monoisotopic (exact) mass is 319 g/mol. The van der Waals surface area contributed by atoms with Gasteiger partial charge in [-0.25, -0.2) is 0 Å². The molecule has 0 radical (unpaired) electrons. The Labute approximate surface area is 137 Å². The van der Waals surface area contributed by atoms with Gasteiger partial charge in [0.25, 0.3) is 0 Å². The molecule has 1 aliphatic rings. The zero-order chi connectivity index (χ0) is 15.6. The first-order valence-corrected chi connectivity index (χ1v) is 8.84. The molecule has 0 aromatic heterocycles. The van der Waals surface area contributed by atoms with Gasteiger partial charge in [-0.3, -0.25) is 4.79 Å². The summed E-state index contributed by atoms with van der Waals surface area (Å²) >= 11 is 1.40. The number of hydrogen-bond acceptors (Lipinski definition) is 4. The van der Waals surface area contributed by atoms with Crippen LogP contribution in [0.3, 0.4) is 0 Å². The van der Waals surface area contributed by atoms with Crippen LogP contribution >= 0.6 is 11.8 Å². The molecule has 0 N–H and O–H groups in total. The van der Waals surface area contributed by atoms with Crippen molar-refractivity contribution in [2.24, 2.45) is 0 Å². The summed E-state index contributed by atoms with van der Waals surface area (Å²) in [5, 5.41) is 0.301. The van der Waals surface area contributed by atoms with Crippen LogP contribution in [0.2, 0.25) is 0 Å². The highest BCUT2D eigenvalue weighted by Crippen LogP contribution is 2.21. The maximum absolute atomic E-state index is 12.4. The number of carbonyl (C=O) groups excluding carboxylic acids is 1. The molecule has 0 aliphatic carbocycles. The summed E-state index contributed by atoms with van der Waals surface area (Å²) in [5.41, 5.74) is 0.764. The second kappa shape index (κ2) is 9.82. The minimum Gasteiger partial charge on any atom is -0.376 e. The third kappa shape index (κ3) is 5.95. The number of benzene rings is 1. The number of piperidine rings is 1. The molecular weight excluding hydrogens is 294 g/mol. The predicted octanol–water partition coefficient (Wildman–Crippen LogP) is 3.62. The van der Waals surface area contributed by atoms with Crippen molar-refractivity contribution in [2.75, 3.05) is 32.8 Å². The zero-order valence-electron chi connectivity index (χ0n) is 13.1. The van der Waals surface area contributed by atoms with Crippen LogP contribution in [-0.2, 0) is 4.74 Å². The van der Waals surface area contributed by atoms with Gasteiger partial charge >= 0.3 is 0 Å². The van der Waals surface area contributed by atoms with E-state index in [-0.39, 0.29) is 10.4 Å². The van der Waals surface area contributed by atoms with Crippen LogP contribution in [0, 0.1) is 0 Å². The Balaban J connectivity index is 1.90. The lowest BCUT2D eigenvalue weighted by molar-refractivity contribution is 0.108. The van der Waals surface area contributed by atoms with Crippen molar-refractivity contribution in [3.05, 3.63) is 48.6 Å². The number of likely N-dealkylation sites (tertiary alicyclic amines) is 1. The first kappa shape index (κ1) is 17.3. The molecule has 1 heterocycles. The van der Waals surface area contributed by atoms with E-state index in [1.165, 1.54) is 31.0 Å². The van der Waals surface area contributed by atoms with Crippen LogP contribution in [0.15, 0.2) is 43.0 Å². The average Bonchev–Trinajstić information content (AvgIpc) is 2.56. The molecule has 1 unspecified atom stereocenters. The lowest BCUT2D eigenvalue weighted by atomic mass is 10.1. The molecule has 1 fully saturated rings. The maximum atomic E-state index is 12.4. The summed E-state index contributed by atoms with van der Waals surface area (Å²) in [7, 11) is 0. The van der Waals surface area contributed by atoms with Gasteiger partial charge in [-0.15, -0.1) is 6.58 Å². The molecule has 22 heavy (non-hydrogen) atoms. The van der Waals surface area contributed by atoms with E-state index < -0.39 is 0 Å². The number of carbonyl (C=O) groups is 1. The summed E-state index contributed by atoms with van der Waals surface area (Å²) in [5.74, 6) is 0. The minimum absolute atomic E-state index is 0.129. The molecule has 0 saturated carbocycles. The maximum Gasteiger partial charge on any atom is 0.219 e. The summed E-state index contributed by atoms with van der Waals surface area (Å²) in [4.78, 5) is 14.9. The molecule has 1 saturated heterocycles. The van der Waals surface area contributed by atoms with Gasteiger partial charge in [0.05, 0.1) is 13.2 Å². The van der Waals surface area contributed by atoms with E-state index >= 15 is 0 Å². The number of rotatable bonds is 8. The number of nitrogens with zero attached hydrogens (tertiary/aromatic N) is 1. The van der Waals surface area contributed by atoms with E-state index in [1.54, 1.807) is 6.08 Å². The van der Waals surface area contributed by atoms with Gasteiger partial charge in [-0.2, -0.15) is 0 Å². The third-order valence-corrected chi connectivity index (χ3v) is 4.80. The van der Waals surface area contributed by atoms with Gasteiger partial charge in [0, 0.05) is 17.4 Å². The predicted molar refractivity (Wildman–Crippen MR) is 93.5 cm³/mol. The molecule has 0 spiro atoms. The molecule has 0 amide bonds. The van der Waals surface area contributed by atoms with E-state index in [1.807, 2.05) is 30.3 Å². The molecule has 1 aliphatic heterocycles. The molecule has 1 aromatic rings. The zero-order valence-corrected chi connectivity index (χ0v) is 13.9. The van der Waals surface area contributed by atoms with Gasteiger partial charge in [0.1, 0.15) is 0 Å². The molecule has 3 nitrogen and oxygen atoms in total. The standard InChI is InChI=1S/C18H25NO2S/c1-2-13-21-15-17(14-19-11-7-4-8-12-19)22-18(20)16-9-5-3-6-10-16/h2-3,5-6,9-10,17H,1,4,7-8,11-15H2. The summed E-state index contributed by atoms with van der Waals surface area (Å²) in [6.07, 6.45) is 5.60. The highest BCUT2D eigenvalue weighted by molar-refractivity contribution is 8.14. The third-order valence-electron chi connectivity index (χ3n) is 3.73. The van der Waals surface area contributed by atoms with E-state index in [0.29, 0.717) is 13.2 Å². The normalized spacial score (nSPS) is 17.1. The van der Waals surface area contributed by atoms with E-state index in [9.17, 15) is 4.79 Å². The molecule has 1 aromatic carbocycles. The Hall–Kier alpha value is -1.10. The van der Waals surface area contributed by atoms with E-state index in [4.69, 9.17) is 4.74 Å². The van der Waals surface area contributed by atoms with E-state index in [2.05, 4.69) is 11.5 Å². The fourth-order valence-corrected chi connectivity index (χ4v) is 3.65. The number of ether oxygens (including phenoxy) is 1. The number of thioether (sulfide) groups is 1. The first-order chi connectivity index (χ1) is 10.8. The second-order valence-electron chi connectivity index (χ2n) is 5.58. The van der Waals surface area contributed by atoms with Crippen molar-refractivity contribution in [1.29, 1.82) is 0 Å². The van der Waals surface area contributed by atoms with Crippen molar-refractivity contribution < 1.29 is 9.53 Å². The van der Waals surface area contributed by atoms with Crippen molar-refractivity contribution in [1.82, 2.24) is 4.90 Å². The van der Waals surface area contributed by atoms with Crippen LogP contribution < -0.4 is 0 Å². The minimum atomic E-state index is 0.129. The molecule has 2 rings (SSSR count). The van der Waals surface area contributed by atoms with Crippen LogP contribution in [0.25, 0.3) is 0 Å². The Morgan fingerprint density at radius 2 is 2.00 bits per heavy atom. The Morgan fingerprint density at radius 3 is 2.68 bits per heavy atom. The van der Waals surface area contributed by atoms with Gasteiger partial charge in [0.15, 0.2) is 0 Å². The van der Waals surface area contributed by atoms with Crippen LogP contribution in [0.5, 0.6) is 0 Å². The smallest absolute Gasteiger partial charge is 0.219 e. The molecule has 1 atom stereocenters. The first-order valence-electron chi connectivity index (χ1n) is 7.96. The van der Waals surface area contributed by atoms with Crippen molar-refractivity contribution in [3.63, 3.8) is 0 Å².